The Labute approximate surface area is 79.5 Å². The molecule has 0 amide bonds. The lowest BCUT2D eigenvalue weighted by molar-refractivity contribution is -0.138. The smallest absolute Gasteiger partial charge is 0.416 e. The topological polar surface area (TPSA) is 20.2 Å². The van der Waals surface area contributed by atoms with E-state index in [4.69, 9.17) is 5.11 Å². The molecule has 4 heteroatoms. The first-order chi connectivity index (χ1) is 6.32. The fourth-order valence-corrected chi connectivity index (χ4v) is 1.16. The van der Waals surface area contributed by atoms with Crippen LogP contribution < -0.4 is 0 Å². The highest BCUT2D eigenvalue weighted by atomic mass is 19.4. The third-order valence-electron chi connectivity index (χ3n) is 1.87. The highest BCUT2D eigenvalue weighted by Gasteiger charge is 2.32. The van der Waals surface area contributed by atoms with Crippen LogP contribution in [0.1, 0.15) is 16.7 Å². The maximum Gasteiger partial charge on any atom is 0.416 e. The van der Waals surface area contributed by atoms with Crippen LogP contribution in [0.3, 0.4) is 0 Å². The van der Waals surface area contributed by atoms with E-state index in [0.717, 1.165) is 6.07 Å². The van der Waals surface area contributed by atoms with Crippen molar-refractivity contribution in [3.8, 4) is 0 Å². The van der Waals surface area contributed by atoms with Gasteiger partial charge in [-0.05, 0) is 24.6 Å². The first kappa shape index (κ1) is 10.6. The molecule has 0 saturated carbocycles. The zero-order valence-electron chi connectivity index (χ0n) is 7.52. The molecule has 0 bridgehead atoms. The van der Waals surface area contributed by atoms with Crippen molar-refractivity contribution >= 4 is 5.76 Å². The largest absolute Gasteiger partial charge is 0.508 e. The summed E-state index contributed by atoms with van der Waals surface area (Å²) in [7, 11) is 0. The van der Waals surface area contributed by atoms with Gasteiger partial charge in [0.25, 0.3) is 0 Å². The normalized spacial score (nSPS) is 11.4. The summed E-state index contributed by atoms with van der Waals surface area (Å²) in [5.74, 6) is -0.234. The van der Waals surface area contributed by atoms with E-state index >= 15 is 0 Å². The van der Waals surface area contributed by atoms with Crippen molar-refractivity contribution in [2.24, 2.45) is 0 Å². The van der Waals surface area contributed by atoms with Crippen LogP contribution >= 0.6 is 0 Å². The van der Waals surface area contributed by atoms with E-state index in [2.05, 4.69) is 6.58 Å². The first-order valence-electron chi connectivity index (χ1n) is 3.88. The van der Waals surface area contributed by atoms with Gasteiger partial charge in [-0.3, -0.25) is 0 Å². The van der Waals surface area contributed by atoms with Crippen LogP contribution in [0.2, 0.25) is 0 Å². The summed E-state index contributed by atoms with van der Waals surface area (Å²) in [5.41, 5.74) is -0.316. The summed E-state index contributed by atoms with van der Waals surface area (Å²) in [4.78, 5) is 0. The third-order valence-corrected chi connectivity index (χ3v) is 1.87. The van der Waals surface area contributed by atoms with Gasteiger partial charge in [0.15, 0.2) is 0 Å². The zero-order valence-corrected chi connectivity index (χ0v) is 7.52. The first-order valence-corrected chi connectivity index (χ1v) is 3.88. The maximum atomic E-state index is 12.3. The van der Waals surface area contributed by atoms with Crippen molar-refractivity contribution in [3.05, 3.63) is 41.5 Å². The van der Waals surface area contributed by atoms with Gasteiger partial charge >= 0.3 is 6.18 Å². The molecule has 0 fully saturated rings. The number of benzene rings is 1. The molecule has 1 aromatic carbocycles. The summed E-state index contributed by atoms with van der Waals surface area (Å²) in [6.45, 7) is 4.58. The number of aryl methyl sites for hydroxylation is 1. The zero-order chi connectivity index (χ0) is 10.9. The molecule has 0 atom stereocenters. The van der Waals surface area contributed by atoms with Crippen molar-refractivity contribution < 1.29 is 18.3 Å². The minimum Gasteiger partial charge on any atom is -0.508 e. The Bertz CT molecular complexity index is 366. The molecule has 0 heterocycles. The Morgan fingerprint density at radius 1 is 1.36 bits per heavy atom. The SMILES string of the molecule is C=C(O)c1ccc(C(F)(F)F)c(C)c1. The number of alkyl halides is 3. The standard InChI is InChI=1S/C10H9F3O/c1-6-5-8(7(2)14)3-4-9(6)10(11,12)13/h3-5,14H,2H2,1H3. The van der Waals surface area contributed by atoms with Gasteiger partial charge in [0.2, 0.25) is 0 Å². The second kappa shape index (κ2) is 3.36. The van der Waals surface area contributed by atoms with Crippen LogP contribution in [-0.4, -0.2) is 5.11 Å². The van der Waals surface area contributed by atoms with Crippen molar-refractivity contribution in [2.75, 3.05) is 0 Å². The molecule has 0 radical (unpaired) electrons. The van der Waals surface area contributed by atoms with E-state index in [9.17, 15) is 13.2 Å². The molecule has 0 aliphatic rings. The van der Waals surface area contributed by atoms with Crippen LogP contribution in [0.25, 0.3) is 5.76 Å². The van der Waals surface area contributed by atoms with Crippen molar-refractivity contribution in [1.82, 2.24) is 0 Å². The predicted molar refractivity (Wildman–Crippen MR) is 47.8 cm³/mol. The Balaban J connectivity index is 3.21. The maximum absolute atomic E-state index is 12.3. The second-order valence-corrected chi connectivity index (χ2v) is 2.97. The Kier molecular flexibility index (Phi) is 2.55. The van der Waals surface area contributed by atoms with Crippen LogP contribution in [0.15, 0.2) is 24.8 Å². The fraction of sp³-hybridized carbons (Fsp3) is 0.200. The predicted octanol–water partition coefficient (Wildman–Crippen LogP) is 3.54. The molecular formula is C10H9F3O. The minimum absolute atomic E-state index is 0.0743. The fourth-order valence-electron chi connectivity index (χ4n) is 1.16. The third kappa shape index (κ3) is 2.07. The summed E-state index contributed by atoms with van der Waals surface area (Å²) >= 11 is 0. The van der Waals surface area contributed by atoms with Crippen molar-refractivity contribution in [2.45, 2.75) is 13.1 Å². The van der Waals surface area contributed by atoms with E-state index in [-0.39, 0.29) is 11.3 Å². The molecular weight excluding hydrogens is 193 g/mol. The van der Waals surface area contributed by atoms with Gasteiger partial charge in [-0.15, -0.1) is 0 Å². The molecule has 0 unspecified atom stereocenters. The van der Waals surface area contributed by atoms with Gasteiger partial charge in [-0.25, -0.2) is 0 Å². The Hall–Kier alpha value is -1.45. The van der Waals surface area contributed by atoms with Gasteiger partial charge in [0.1, 0.15) is 5.76 Å². The quantitative estimate of drug-likeness (QED) is 0.690. The van der Waals surface area contributed by atoms with Gasteiger partial charge < -0.3 is 5.11 Å². The highest BCUT2D eigenvalue weighted by Crippen LogP contribution is 2.32. The monoisotopic (exact) mass is 202 g/mol. The van der Waals surface area contributed by atoms with Crippen molar-refractivity contribution in [3.63, 3.8) is 0 Å². The van der Waals surface area contributed by atoms with Crippen LogP contribution in [0.4, 0.5) is 13.2 Å². The lowest BCUT2D eigenvalue weighted by atomic mass is 10.0. The van der Waals surface area contributed by atoms with Gasteiger partial charge in [0.05, 0.1) is 5.56 Å². The summed E-state index contributed by atoms with van der Waals surface area (Å²) in [6, 6.07) is 3.38. The molecule has 0 aromatic heterocycles. The molecule has 76 valence electrons. The van der Waals surface area contributed by atoms with E-state index in [0.29, 0.717) is 5.56 Å². The second-order valence-electron chi connectivity index (χ2n) is 2.97. The highest BCUT2D eigenvalue weighted by molar-refractivity contribution is 5.57. The number of hydrogen-bond donors (Lipinski definition) is 1. The summed E-state index contributed by atoms with van der Waals surface area (Å²) in [5, 5.41) is 8.97. The van der Waals surface area contributed by atoms with Crippen LogP contribution in [0.5, 0.6) is 0 Å². The lowest BCUT2D eigenvalue weighted by Crippen LogP contribution is -2.07. The summed E-state index contributed by atoms with van der Waals surface area (Å²) < 4.78 is 36.9. The molecule has 1 rings (SSSR count). The number of halogens is 3. The van der Waals surface area contributed by atoms with E-state index < -0.39 is 11.7 Å². The van der Waals surface area contributed by atoms with E-state index in [1.165, 1.54) is 19.1 Å². The Morgan fingerprint density at radius 3 is 2.29 bits per heavy atom. The molecule has 14 heavy (non-hydrogen) atoms. The Morgan fingerprint density at radius 2 is 1.93 bits per heavy atom. The average molecular weight is 202 g/mol. The minimum atomic E-state index is -4.35. The van der Waals surface area contributed by atoms with Crippen LogP contribution in [-0.2, 0) is 6.18 Å². The average Bonchev–Trinajstić information content (AvgIpc) is 2.01. The number of hydrogen-bond acceptors (Lipinski definition) is 1. The molecule has 1 aromatic rings. The molecule has 0 spiro atoms. The molecule has 1 N–H and O–H groups in total. The van der Waals surface area contributed by atoms with Gasteiger partial charge in [0, 0.05) is 5.56 Å². The van der Waals surface area contributed by atoms with Crippen LogP contribution in [0, 0.1) is 6.92 Å². The van der Waals surface area contributed by atoms with E-state index in [1.807, 2.05) is 0 Å². The number of rotatable bonds is 1. The molecule has 0 aliphatic carbocycles. The molecule has 0 saturated heterocycles. The van der Waals surface area contributed by atoms with Gasteiger partial charge in [-0.1, -0.05) is 12.6 Å². The number of aliphatic hydroxyl groups is 1. The van der Waals surface area contributed by atoms with Crippen molar-refractivity contribution in [1.29, 1.82) is 0 Å². The molecule has 1 nitrogen and oxygen atoms in total. The summed E-state index contributed by atoms with van der Waals surface area (Å²) in [6.07, 6.45) is -4.35. The van der Waals surface area contributed by atoms with E-state index in [1.54, 1.807) is 0 Å². The molecule has 0 aliphatic heterocycles. The van der Waals surface area contributed by atoms with Gasteiger partial charge in [-0.2, -0.15) is 13.2 Å². The lowest BCUT2D eigenvalue weighted by Gasteiger charge is -2.10. The number of aliphatic hydroxyl groups excluding tert-OH is 1.